The van der Waals surface area contributed by atoms with Crippen LogP contribution in [0.2, 0.25) is 0 Å². The van der Waals surface area contributed by atoms with Gasteiger partial charge in [-0.25, -0.2) is 14.4 Å². The van der Waals surface area contributed by atoms with Crippen molar-refractivity contribution < 1.29 is 29.3 Å². The van der Waals surface area contributed by atoms with Crippen LogP contribution in [-0.4, -0.2) is 104 Å². The number of urea groups is 1. The summed E-state index contributed by atoms with van der Waals surface area (Å²) in [6, 6.07) is 12.3. The van der Waals surface area contributed by atoms with Crippen LogP contribution in [-0.2, 0) is 9.59 Å². The number of methoxy groups -OCH3 is 1. The van der Waals surface area contributed by atoms with Crippen molar-refractivity contribution >= 4 is 35.0 Å². The molecule has 2 aromatic carbocycles. The van der Waals surface area contributed by atoms with Crippen LogP contribution in [0.5, 0.6) is 5.75 Å². The molecule has 11 heteroatoms. The third-order valence-electron chi connectivity index (χ3n) is 7.44. The molecule has 2 aliphatic rings. The summed E-state index contributed by atoms with van der Waals surface area (Å²) < 4.78 is 5.62. The molecular weight excluding hydrogens is 526 g/mol. The first-order valence-electron chi connectivity index (χ1n) is 13.8. The van der Waals surface area contributed by atoms with Gasteiger partial charge in [0.15, 0.2) is 0 Å². The lowest BCUT2D eigenvalue weighted by Crippen LogP contribution is -2.50. The topological polar surface area (TPSA) is 126 Å². The average Bonchev–Trinajstić information content (AvgIpc) is 2.98. The number of hydrogen-bond donors (Lipinski definition) is 3. The van der Waals surface area contributed by atoms with Crippen molar-refractivity contribution in [3.8, 4) is 5.75 Å². The predicted molar refractivity (Wildman–Crippen MR) is 160 cm³/mol. The van der Waals surface area contributed by atoms with E-state index in [2.05, 4.69) is 59.0 Å². The Morgan fingerprint density at radius 3 is 2.00 bits per heavy atom. The Morgan fingerprint density at radius 1 is 0.854 bits per heavy atom. The van der Waals surface area contributed by atoms with Crippen LogP contribution < -0.4 is 19.9 Å². The molecule has 0 radical (unpaired) electrons. The van der Waals surface area contributed by atoms with E-state index in [4.69, 9.17) is 14.9 Å². The lowest BCUT2D eigenvalue weighted by Gasteiger charge is -2.37. The van der Waals surface area contributed by atoms with Gasteiger partial charge in [0.1, 0.15) is 5.75 Å². The first-order valence-corrected chi connectivity index (χ1v) is 13.8. The van der Waals surface area contributed by atoms with Gasteiger partial charge < -0.3 is 39.9 Å². The monoisotopic (exact) mass is 567 g/mol. The van der Waals surface area contributed by atoms with E-state index in [9.17, 15) is 14.4 Å². The van der Waals surface area contributed by atoms with Gasteiger partial charge in [-0.3, -0.25) is 0 Å². The normalized spacial score (nSPS) is 15.8. The summed E-state index contributed by atoms with van der Waals surface area (Å²) in [6.07, 6.45) is 1.12. The number of rotatable bonds is 7. The number of likely N-dealkylation sites (N-methyl/N-ethyl adjacent to an activating group) is 1. The zero-order valence-corrected chi connectivity index (χ0v) is 24.3. The van der Waals surface area contributed by atoms with E-state index in [1.807, 2.05) is 23.1 Å². The van der Waals surface area contributed by atoms with Crippen molar-refractivity contribution in [3.63, 3.8) is 0 Å². The highest BCUT2D eigenvalue weighted by Gasteiger charge is 2.24. The van der Waals surface area contributed by atoms with Gasteiger partial charge in [0, 0.05) is 75.9 Å². The maximum atomic E-state index is 13.0. The largest absolute Gasteiger partial charge is 0.495 e. The SMILES string of the molecule is CCN1CCN(c2cc(NC(=O)N3CCN(c4cccc(C)c4C)CC3)ccc2OC)CC1.O=C(O)/C=C/C(=O)O. The van der Waals surface area contributed by atoms with E-state index >= 15 is 0 Å². The zero-order chi connectivity index (χ0) is 29.9. The molecule has 2 saturated heterocycles. The zero-order valence-electron chi connectivity index (χ0n) is 24.3. The Labute approximate surface area is 241 Å². The summed E-state index contributed by atoms with van der Waals surface area (Å²) in [5, 5.41) is 18.7. The van der Waals surface area contributed by atoms with E-state index in [0.29, 0.717) is 25.2 Å². The highest BCUT2D eigenvalue weighted by atomic mass is 16.5. The molecular formula is C30H41N5O6. The van der Waals surface area contributed by atoms with Crippen molar-refractivity contribution in [1.82, 2.24) is 9.80 Å². The van der Waals surface area contributed by atoms with Gasteiger partial charge >= 0.3 is 18.0 Å². The van der Waals surface area contributed by atoms with Crippen LogP contribution in [0.25, 0.3) is 0 Å². The number of piperazine rings is 2. The predicted octanol–water partition coefficient (Wildman–Crippen LogP) is 3.52. The number of nitrogens with zero attached hydrogens (tertiary/aromatic N) is 4. The molecule has 41 heavy (non-hydrogen) atoms. The first-order chi connectivity index (χ1) is 19.6. The van der Waals surface area contributed by atoms with Crippen molar-refractivity contribution in [2.24, 2.45) is 0 Å². The number of benzene rings is 2. The van der Waals surface area contributed by atoms with Crippen molar-refractivity contribution in [2.75, 3.05) is 81.1 Å². The standard InChI is InChI=1S/C26H37N5O2.C4H4O4/c1-5-28-11-13-30(14-12-28)24-19-22(9-10-25(24)33-4)27-26(32)31-17-15-29(16-18-31)23-8-6-7-20(2)21(23)3;5-3(6)1-2-4(7)8/h6-10,19H,5,11-18H2,1-4H3,(H,27,32);1-2H,(H,5,6)(H,7,8)/b;2-1+. The highest BCUT2D eigenvalue weighted by Crippen LogP contribution is 2.32. The second-order valence-corrected chi connectivity index (χ2v) is 9.94. The third kappa shape index (κ3) is 8.87. The van der Waals surface area contributed by atoms with Gasteiger partial charge in [-0.15, -0.1) is 0 Å². The Morgan fingerprint density at radius 2 is 1.44 bits per heavy atom. The molecule has 0 atom stereocenters. The summed E-state index contributed by atoms with van der Waals surface area (Å²) in [6.45, 7) is 14.7. The minimum absolute atomic E-state index is 0.0393. The minimum atomic E-state index is -1.26. The number of aryl methyl sites for hydroxylation is 1. The van der Waals surface area contributed by atoms with Gasteiger partial charge in [-0.1, -0.05) is 19.1 Å². The number of carboxylic acids is 2. The van der Waals surface area contributed by atoms with Crippen molar-refractivity contribution in [3.05, 3.63) is 59.7 Å². The maximum absolute atomic E-state index is 13.0. The Balaban J connectivity index is 0.000000507. The molecule has 0 unspecified atom stereocenters. The molecule has 0 bridgehead atoms. The van der Waals surface area contributed by atoms with Crippen molar-refractivity contribution in [2.45, 2.75) is 20.8 Å². The minimum Gasteiger partial charge on any atom is -0.495 e. The Bertz CT molecular complexity index is 1220. The van der Waals surface area contributed by atoms with E-state index in [-0.39, 0.29) is 6.03 Å². The van der Waals surface area contributed by atoms with E-state index in [1.54, 1.807) is 7.11 Å². The number of nitrogens with one attached hydrogen (secondary N) is 1. The molecule has 2 aromatic rings. The van der Waals surface area contributed by atoms with Gasteiger partial charge in [-0.05, 0) is 55.8 Å². The molecule has 2 heterocycles. The number of aliphatic carboxylic acids is 2. The van der Waals surface area contributed by atoms with Crippen LogP contribution >= 0.6 is 0 Å². The molecule has 0 aliphatic carbocycles. The second-order valence-electron chi connectivity index (χ2n) is 9.94. The van der Waals surface area contributed by atoms with Crippen molar-refractivity contribution in [1.29, 1.82) is 0 Å². The van der Waals surface area contributed by atoms with E-state index < -0.39 is 11.9 Å². The molecule has 2 aliphatic heterocycles. The van der Waals surface area contributed by atoms with Crippen LogP contribution in [0.1, 0.15) is 18.1 Å². The Kier molecular flexibility index (Phi) is 11.4. The quantitative estimate of drug-likeness (QED) is 0.431. The molecule has 0 spiro atoms. The number of carboxylic acid groups (broad SMARTS) is 2. The smallest absolute Gasteiger partial charge is 0.328 e. The number of amides is 2. The fourth-order valence-electron chi connectivity index (χ4n) is 4.89. The molecule has 222 valence electrons. The van der Waals surface area contributed by atoms with E-state index in [1.165, 1.54) is 16.8 Å². The Hall–Kier alpha value is -4.25. The first kappa shape index (κ1) is 31.3. The maximum Gasteiger partial charge on any atom is 0.328 e. The summed E-state index contributed by atoms with van der Waals surface area (Å²) in [4.78, 5) is 41.2. The summed E-state index contributed by atoms with van der Waals surface area (Å²) in [5.74, 6) is -1.67. The van der Waals surface area contributed by atoms with Gasteiger partial charge in [0.25, 0.3) is 0 Å². The molecule has 3 N–H and O–H groups in total. The summed E-state index contributed by atoms with van der Waals surface area (Å²) >= 11 is 0. The van der Waals surface area contributed by atoms with Crippen LogP contribution in [0, 0.1) is 13.8 Å². The van der Waals surface area contributed by atoms with Crippen LogP contribution in [0.4, 0.5) is 21.9 Å². The van der Waals surface area contributed by atoms with Crippen LogP contribution in [0.3, 0.4) is 0 Å². The molecule has 0 saturated carbocycles. The summed E-state index contributed by atoms with van der Waals surface area (Å²) in [5.41, 5.74) is 5.76. The highest BCUT2D eigenvalue weighted by molar-refractivity contribution is 5.91. The third-order valence-corrected chi connectivity index (χ3v) is 7.44. The number of ether oxygens (including phenoxy) is 1. The van der Waals surface area contributed by atoms with Gasteiger partial charge in [0.2, 0.25) is 0 Å². The fourth-order valence-corrected chi connectivity index (χ4v) is 4.89. The number of carbonyl (C=O) groups excluding carboxylic acids is 1. The number of anilines is 3. The molecule has 4 rings (SSSR count). The number of carbonyl (C=O) groups is 3. The van der Waals surface area contributed by atoms with E-state index in [0.717, 1.165) is 62.9 Å². The molecule has 2 amide bonds. The average molecular weight is 568 g/mol. The molecule has 11 nitrogen and oxygen atoms in total. The van der Waals surface area contributed by atoms with Gasteiger partial charge in [-0.2, -0.15) is 0 Å². The fraction of sp³-hybridized carbons (Fsp3) is 0.433. The van der Waals surface area contributed by atoms with Gasteiger partial charge in [0.05, 0.1) is 12.8 Å². The molecule has 2 fully saturated rings. The lowest BCUT2D eigenvalue weighted by molar-refractivity contribution is -0.134. The van der Waals surface area contributed by atoms with Crippen LogP contribution in [0.15, 0.2) is 48.6 Å². The number of hydrogen-bond acceptors (Lipinski definition) is 7. The molecule has 0 aromatic heterocycles. The summed E-state index contributed by atoms with van der Waals surface area (Å²) in [7, 11) is 1.70. The second kappa shape index (κ2) is 14.9. The lowest BCUT2D eigenvalue weighted by atomic mass is 10.1.